The monoisotopic (exact) mass is 444 g/mol. The smallest absolute Gasteiger partial charge is 0.254 e. The van der Waals surface area contributed by atoms with Crippen LogP contribution in [0, 0.1) is 17.8 Å². The summed E-state index contributed by atoms with van der Waals surface area (Å²) in [4.78, 5) is 28.9. The highest BCUT2D eigenvalue weighted by atomic mass is 35.5. The van der Waals surface area contributed by atoms with Crippen LogP contribution in [0.3, 0.4) is 0 Å². The van der Waals surface area contributed by atoms with Crippen LogP contribution in [-0.2, 0) is 9.59 Å². The molecular formula is C22H34ClFN2O4. The molecule has 1 saturated heterocycles. The van der Waals surface area contributed by atoms with Crippen molar-refractivity contribution in [3.8, 4) is 0 Å². The van der Waals surface area contributed by atoms with E-state index in [1.165, 1.54) is 0 Å². The Balaban J connectivity index is 1.29. The lowest BCUT2D eigenvalue weighted by atomic mass is 9.70. The fourth-order valence-electron chi connectivity index (χ4n) is 5.75. The number of hydrogen-bond acceptors (Lipinski definition) is 4. The van der Waals surface area contributed by atoms with Gasteiger partial charge in [-0.25, -0.2) is 4.39 Å². The largest absolute Gasteiger partial charge is 0.394 e. The summed E-state index contributed by atoms with van der Waals surface area (Å²) in [6.45, 7) is 0.866. The molecule has 4 fully saturated rings. The van der Waals surface area contributed by atoms with Crippen LogP contribution in [0.15, 0.2) is 0 Å². The zero-order valence-corrected chi connectivity index (χ0v) is 18.3. The first-order valence-electron chi connectivity index (χ1n) is 11.5. The Kier molecular flexibility index (Phi) is 6.62. The number of nitrogens with zero attached hydrogens (tertiary/aromatic N) is 2. The normalized spacial score (nSPS) is 38.9. The molecule has 0 aromatic rings. The third kappa shape index (κ3) is 4.49. The SMILES string of the molecule is O=C(C1CCC(C2CCC(Cl)CC2F)CC1)N1CCN(C(=O)C2(O)CC2)C(CO)C1. The Bertz CT molecular complexity index is 653. The van der Waals surface area contributed by atoms with Gasteiger partial charge in [0.15, 0.2) is 0 Å². The molecule has 0 bridgehead atoms. The van der Waals surface area contributed by atoms with E-state index in [1.54, 1.807) is 9.80 Å². The third-order valence-electron chi connectivity index (χ3n) is 7.87. The predicted molar refractivity (Wildman–Crippen MR) is 111 cm³/mol. The van der Waals surface area contributed by atoms with Gasteiger partial charge in [-0.2, -0.15) is 0 Å². The molecule has 3 saturated carbocycles. The third-order valence-corrected chi connectivity index (χ3v) is 8.27. The summed E-state index contributed by atoms with van der Waals surface area (Å²) < 4.78 is 14.5. The number of aliphatic hydroxyl groups is 2. The molecule has 3 aliphatic carbocycles. The average molecular weight is 445 g/mol. The van der Waals surface area contributed by atoms with Crippen molar-refractivity contribution in [3.63, 3.8) is 0 Å². The Labute approximate surface area is 182 Å². The van der Waals surface area contributed by atoms with Crippen LogP contribution < -0.4 is 0 Å². The van der Waals surface area contributed by atoms with Gasteiger partial charge in [0.1, 0.15) is 11.8 Å². The molecule has 4 aliphatic rings. The predicted octanol–water partition coefficient (Wildman–Crippen LogP) is 2.09. The van der Waals surface area contributed by atoms with Crippen molar-refractivity contribution in [1.82, 2.24) is 9.80 Å². The van der Waals surface area contributed by atoms with E-state index in [2.05, 4.69) is 0 Å². The van der Waals surface area contributed by atoms with E-state index < -0.39 is 17.8 Å². The zero-order valence-electron chi connectivity index (χ0n) is 17.5. The van der Waals surface area contributed by atoms with Gasteiger partial charge < -0.3 is 20.0 Å². The average Bonchev–Trinajstić information content (AvgIpc) is 3.51. The summed E-state index contributed by atoms with van der Waals surface area (Å²) in [5.41, 5.74) is -1.26. The molecule has 4 atom stereocenters. The molecule has 4 unspecified atom stereocenters. The molecule has 1 heterocycles. The maximum atomic E-state index is 14.5. The molecule has 4 rings (SSSR count). The Hall–Kier alpha value is -0.920. The lowest BCUT2D eigenvalue weighted by Crippen LogP contribution is -2.60. The quantitative estimate of drug-likeness (QED) is 0.650. The molecule has 1 aliphatic heterocycles. The van der Waals surface area contributed by atoms with Crippen LogP contribution in [0.2, 0.25) is 0 Å². The first-order valence-corrected chi connectivity index (χ1v) is 12.0. The van der Waals surface area contributed by atoms with Crippen LogP contribution in [0.1, 0.15) is 57.8 Å². The Morgan fingerprint density at radius 3 is 2.37 bits per heavy atom. The second-order valence-corrected chi connectivity index (χ2v) is 10.5. The first kappa shape index (κ1) is 22.3. The molecule has 0 aromatic carbocycles. The summed E-state index contributed by atoms with van der Waals surface area (Å²) in [6, 6.07) is -0.464. The minimum atomic E-state index is -1.26. The lowest BCUT2D eigenvalue weighted by Gasteiger charge is -2.43. The van der Waals surface area contributed by atoms with E-state index in [0.717, 1.165) is 38.5 Å². The number of carbonyl (C=O) groups is 2. The van der Waals surface area contributed by atoms with Crippen molar-refractivity contribution in [3.05, 3.63) is 0 Å². The molecule has 2 N–H and O–H groups in total. The molecule has 8 heteroatoms. The van der Waals surface area contributed by atoms with Crippen LogP contribution in [-0.4, -0.2) is 81.3 Å². The summed E-state index contributed by atoms with van der Waals surface area (Å²) in [6.07, 6.45) is 5.61. The van der Waals surface area contributed by atoms with Crippen molar-refractivity contribution in [2.45, 2.75) is 81.0 Å². The highest BCUT2D eigenvalue weighted by molar-refractivity contribution is 6.20. The van der Waals surface area contributed by atoms with Crippen LogP contribution in [0.25, 0.3) is 0 Å². The van der Waals surface area contributed by atoms with Crippen LogP contribution >= 0.6 is 11.6 Å². The number of hydrogen-bond donors (Lipinski definition) is 2. The number of amides is 2. The minimum Gasteiger partial charge on any atom is -0.394 e. The van der Waals surface area contributed by atoms with Gasteiger partial charge in [0.2, 0.25) is 5.91 Å². The Morgan fingerprint density at radius 1 is 1.07 bits per heavy atom. The fraction of sp³-hybridized carbons (Fsp3) is 0.909. The highest BCUT2D eigenvalue weighted by Gasteiger charge is 2.52. The minimum absolute atomic E-state index is 0.0418. The van der Waals surface area contributed by atoms with E-state index >= 15 is 0 Å². The number of piperazine rings is 1. The van der Waals surface area contributed by atoms with Gasteiger partial charge in [0.25, 0.3) is 5.91 Å². The number of aliphatic hydroxyl groups excluding tert-OH is 1. The van der Waals surface area contributed by atoms with Crippen molar-refractivity contribution < 1.29 is 24.2 Å². The summed E-state index contributed by atoms with van der Waals surface area (Å²) in [7, 11) is 0. The van der Waals surface area contributed by atoms with Crippen LogP contribution in [0.5, 0.6) is 0 Å². The van der Waals surface area contributed by atoms with E-state index in [9.17, 15) is 24.2 Å². The van der Waals surface area contributed by atoms with Crippen molar-refractivity contribution >= 4 is 23.4 Å². The summed E-state index contributed by atoms with van der Waals surface area (Å²) in [5, 5.41) is 19.8. The number of carbonyl (C=O) groups excluding carboxylic acids is 2. The van der Waals surface area contributed by atoms with E-state index in [1.807, 2.05) is 0 Å². The van der Waals surface area contributed by atoms with Crippen molar-refractivity contribution in [2.75, 3.05) is 26.2 Å². The molecule has 6 nitrogen and oxygen atoms in total. The molecule has 0 aromatic heterocycles. The van der Waals surface area contributed by atoms with E-state index in [4.69, 9.17) is 11.6 Å². The van der Waals surface area contributed by atoms with Crippen LogP contribution in [0.4, 0.5) is 4.39 Å². The molecule has 0 spiro atoms. The molecule has 30 heavy (non-hydrogen) atoms. The van der Waals surface area contributed by atoms with Gasteiger partial charge >= 0.3 is 0 Å². The highest BCUT2D eigenvalue weighted by Crippen LogP contribution is 2.43. The fourth-order valence-corrected chi connectivity index (χ4v) is 6.05. The maximum Gasteiger partial charge on any atom is 0.254 e. The van der Waals surface area contributed by atoms with Gasteiger partial charge in [-0.3, -0.25) is 9.59 Å². The standard InChI is InChI=1S/C22H34ClFN2O4/c23-16-5-6-18(19(24)11-16)14-1-3-15(4-2-14)20(28)25-9-10-26(17(12-25)13-27)21(29)22(30)7-8-22/h14-19,27,30H,1-13H2. The number of alkyl halides is 2. The van der Waals surface area contributed by atoms with E-state index in [0.29, 0.717) is 44.8 Å². The van der Waals surface area contributed by atoms with E-state index in [-0.39, 0.29) is 35.6 Å². The topological polar surface area (TPSA) is 81.1 Å². The van der Waals surface area contributed by atoms with Gasteiger partial charge in [-0.05, 0) is 69.6 Å². The summed E-state index contributed by atoms with van der Waals surface area (Å²) in [5.74, 6) is 0.134. The molecule has 170 valence electrons. The van der Waals surface area contributed by atoms with Crippen molar-refractivity contribution in [1.29, 1.82) is 0 Å². The number of halogens is 2. The second kappa shape index (κ2) is 8.91. The molecular weight excluding hydrogens is 411 g/mol. The maximum absolute atomic E-state index is 14.5. The Morgan fingerprint density at radius 2 is 1.77 bits per heavy atom. The first-order chi connectivity index (χ1) is 14.3. The molecule has 2 amide bonds. The lowest BCUT2D eigenvalue weighted by molar-refractivity contribution is -0.154. The van der Waals surface area contributed by atoms with Gasteiger partial charge in [0.05, 0.1) is 12.6 Å². The second-order valence-electron chi connectivity index (χ2n) is 9.85. The van der Waals surface area contributed by atoms with Gasteiger partial charge in [0, 0.05) is 30.9 Å². The van der Waals surface area contributed by atoms with Gasteiger partial charge in [-0.1, -0.05) is 0 Å². The number of rotatable bonds is 4. The van der Waals surface area contributed by atoms with Crippen molar-refractivity contribution in [2.24, 2.45) is 17.8 Å². The van der Waals surface area contributed by atoms with Gasteiger partial charge in [-0.15, -0.1) is 11.6 Å². The molecule has 0 radical (unpaired) electrons. The zero-order chi connectivity index (χ0) is 21.5. The summed E-state index contributed by atoms with van der Waals surface area (Å²) >= 11 is 6.10.